The fourth-order valence-corrected chi connectivity index (χ4v) is 5.77. The Hall–Kier alpha value is -2.98. The molecule has 0 saturated carbocycles. The lowest BCUT2D eigenvalue weighted by Crippen LogP contribution is -2.36. The zero-order chi connectivity index (χ0) is 34.5. The highest BCUT2D eigenvalue weighted by Crippen LogP contribution is 2.40. The standard InChI is InChI=1S/C41H57NO6S/c43-40(25-18-28-45-31-33-47-35-34-46-32-30-44-27-16-5-3-1-2-4-6-17-36-49)42-26-29-48-41(37-19-10-7-11-20-37,38-21-12-8-13-22-38)39-23-14-9-15-24-39/h7-15,18-25,49H,1-6,16-17,26-36H2,(H,42,43)/b25-18+. The highest BCUT2D eigenvalue weighted by molar-refractivity contribution is 7.80. The first-order valence-corrected chi connectivity index (χ1v) is 18.6. The lowest BCUT2D eigenvalue weighted by Gasteiger charge is -2.36. The molecule has 0 aliphatic carbocycles. The van der Waals surface area contributed by atoms with Crippen LogP contribution < -0.4 is 5.32 Å². The van der Waals surface area contributed by atoms with E-state index in [2.05, 4.69) is 54.3 Å². The number of carbonyl (C=O) groups is 1. The quantitative estimate of drug-likeness (QED) is 0.0335. The lowest BCUT2D eigenvalue weighted by molar-refractivity contribution is -0.117. The Morgan fingerprint density at radius 2 is 0.980 bits per heavy atom. The number of benzene rings is 3. The van der Waals surface area contributed by atoms with Crippen LogP contribution in [0.1, 0.15) is 68.1 Å². The molecule has 3 aromatic carbocycles. The van der Waals surface area contributed by atoms with E-state index in [0.717, 1.165) is 35.5 Å². The highest BCUT2D eigenvalue weighted by Gasteiger charge is 2.37. The predicted octanol–water partition coefficient (Wildman–Crippen LogP) is 7.78. The maximum absolute atomic E-state index is 12.4. The molecule has 0 atom stereocenters. The van der Waals surface area contributed by atoms with Gasteiger partial charge in [-0.15, -0.1) is 0 Å². The van der Waals surface area contributed by atoms with Crippen LogP contribution in [0.3, 0.4) is 0 Å². The molecule has 1 N–H and O–H groups in total. The van der Waals surface area contributed by atoms with Crippen molar-refractivity contribution >= 4 is 18.5 Å². The van der Waals surface area contributed by atoms with Gasteiger partial charge in [0.05, 0.1) is 52.9 Å². The fraction of sp³-hybridized carbons (Fsp3) is 0.488. The molecular formula is C41H57NO6S. The summed E-state index contributed by atoms with van der Waals surface area (Å²) in [6, 6.07) is 30.6. The summed E-state index contributed by atoms with van der Waals surface area (Å²) in [5, 5.41) is 2.92. The summed E-state index contributed by atoms with van der Waals surface area (Å²) in [5.74, 6) is 0.814. The molecule has 268 valence electrons. The minimum Gasteiger partial charge on any atom is -0.379 e. The second-order valence-corrected chi connectivity index (χ2v) is 12.2. The van der Waals surface area contributed by atoms with Gasteiger partial charge in [0.2, 0.25) is 5.91 Å². The van der Waals surface area contributed by atoms with Crippen LogP contribution in [0.25, 0.3) is 0 Å². The Balaban J connectivity index is 1.20. The van der Waals surface area contributed by atoms with Gasteiger partial charge >= 0.3 is 0 Å². The van der Waals surface area contributed by atoms with Crippen LogP contribution in [0.5, 0.6) is 0 Å². The summed E-state index contributed by atoms with van der Waals surface area (Å²) in [4.78, 5) is 12.4. The van der Waals surface area contributed by atoms with Gasteiger partial charge in [-0.25, -0.2) is 0 Å². The Morgan fingerprint density at radius 1 is 0.551 bits per heavy atom. The molecular weight excluding hydrogens is 635 g/mol. The Morgan fingerprint density at radius 3 is 1.47 bits per heavy atom. The van der Waals surface area contributed by atoms with Crippen LogP contribution in [0.15, 0.2) is 103 Å². The van der Waals surface area contributed by atoms with Crippen LogP contribution in [0, 0.1) is 0 Å². The summed E-state index contributed by atoms with van der Waals surface area (Å²) in [5.41, 5.74) is 2.26. The average Bonchev–Trinajstić information content (AvgIpc) is 3.15. The van der Waals surface area contributed by atoms with E-state index in [9.17, 15) is 4.79 Å². The third-order valence-electron chi connectivity index (χ3n) is 8.06. The average molecular weight is 692 g/mol. The fourth-order valence-electron chi connectivity index (χ4n) is 5.55. The second kappa shape index (κ2) is 26.8. The SMILES string of the molecule is O=C(/C=C/COCCOCCOCCOCCCCCCCCCCS)NCCOC(c1ccccc1)(c1ccccc1)c1ccccc1. The van der Waals surface area contributed by atoms with Crippen LogP contribution in [-0.2, 0) is 34.1 Å². The summed E-state index contributed by atoms with van der Waals surface area (Å²) in [6.07, 6.45) is 13.4. The number of unbranched alkanes of at least 4 members (excludes halogenated alkanes) is 7. The van der Waals surface area contributed by atoms with E-state index in [1.165, 1.54) is 51.0 Å². The van der Waals surface area contributed by atoms with Crippen LogP contribution >= 0.6 is 12.6 Å². The molecule has 7 nitrogen and oxygen atoms in total. The molecule has 0 aliphatic heterocycles. The number of carbonyl (C=O) groups excluding carboxylic acids is 1. The third kappa shape index (κ3) is 16.5. The van der Waals surface area contributed by atoms with Gasteiger partial charge in [-0.2, -0.15) is 12.6 Å². The number of ether oxygens (including phenoxy) is 5. The molecule has 0 saturated heterocycles. The highest BCUT2D eigenvalue weighted by atomic mass is 32.1. The van der Waals surface area contributed by atoms with Gasteiger partial charge in [-0.05, 0) is 35.3 Å². The van der Waals surface area contributed by atoms with Crippen molar-refractivity contribution in [3.8, 4) is 0 Å². The predicted molar refractivity (Wildman–Crippen MR) is 201 cm³/mol. The zero-order valence-corrected chi connectivity index (χ0v) is 30.0. The van der Waals surface area contributed by atoms with Gasteiger partial charge in [-0.1, -0.05) is 136 Å². The number of hydrogen-bond acceptors (Lipinski definition) is 7. The number of amides is 1. The van der Waals surface area contributed by atoms with Gasteiger partial charge in [0.1, 0.15) is 5.60 Å². The minimum atomic E-state index is -0.814. The smallest absolute Gasteiger partial charge is 0.243 e. The molecule has 3 rings (SSSR count). The first-order valence-electron chi connectivity index (χ1n) is 17.9. The first kappa shape index (κ1) is 40.4. The molecule has 0 spiro atoms. The van der Waals surface area contributed by atoms with Gasteiger partial charge in [0.15, 0.2) is 0 Å². The monoisotopic (exact) mass is 691 g/mol. The molecule has 3 aromatic rings. The number of rotatable bonds is 29. The van der Waals surface area contributed by atoms with Crippen molar-refractivity contribution in [3.63, 3.8) is 0 Å². The van der Waals surface area contributed by atoms with Crippen LogP contribution in [-0.4, -0.2) is 77.7 Å². The summed E-state index contributed by atoms with van der Waals surface area (Å²) < 4.78 is 29.0. The number of thiol groups is 1. The van der Waals surface area contributed by atoms with Gasteiger partial charge in [0, 0.05) is 19.2 Å². The van der Waals surface area contributed by atoms with Crippen molar-refractivity contribution in [1.82, 2.24) is 5.32 Å². The molecule has 0 fully saturated rings. The largest absolute Gasteiger partial charge is 0.379 e. The molecule has 0 heterocycles. The number of hydrogen-bond donors (Lipinski definition) is 2. The van der Waals surface area contributed by atoms with Crippen molar-refractivity contribution < 1.29 is 28.5 Å². The molecule has 8 heteroatoms. The third-order valence-corrected chi connectivity index (χ3v) is 8.37. The second-order valence-electron chi connectivity index (χ2n) is 11.8. The molecule has 1 amide bonds. The topological polar surface area (TPSA) is 75.3 Å². The van der Waals surface area contributed by atoms with E-state index in [4.69, 9.17) is 23.7 Å². The van der Waals surface area contributed by atoms with E-state index >= 15 is 0 Å². The van der Waals surface area contributed by atoms with Crippen molar-refractivity contribution in [2.45, 2.75) is 57.0 Å². The van der Waals surface area contributed by atoms with Crippen molar-refractivity contribution in [2.24, 2.45) is 0 Å². The normalized spacial score (nSPS) is 11.7. The molecule has 0 unspecified atom stereocenters. The summed E-state index contributed by atoms with van der Waals surface area (Å²) >= 11 is 4.25. The molecule has 0 aliphatic rings. The van der Waals surface area contributed by atoms with Gasteiger partial charge in [-0.3, -0.25) is 4.79 Å². The van der Waals surface area contributed by atoms with E-state index in [1.807, 2.05) is 54.6 Å². The van der Waals surface area contributed by atoms with Gasteiger partial charge < -0.3 is 29.0 Å². The maximum atomic E-state index is 12.4. The summed E-state index contributed by atoms with van der Waals surface area (Å²) in [7, 11) is 0. The molecule has 0 bridgehead atoms. The van der Waals surface area contributed by atoms with E-state index in [1.54, 1.807) is 6.08 Å². The molecule has 0 radical (unpaired) electrons. The first-order chi connectivity index (χ1) is 24.3. The van der Waals surface area contributed by atoms with E-state index in [-0.39, 0.29) is 5.91 Å². The number of nitrogens with one attached hydrogen (secondary N) is 1. The van der Waals surface area contributed by atoms with Crippen LogP contribution in [0.2, 0.25) is 0 Å². The Kier molecular flexibility index (Phi) is 22.1. The molecule has 49 heavy (non-hydrogen) atoms. The summed E-state index contributed by atoms with van der Waals surface area (Å²) in [6.45, 7) is 4.97. The maximum Gasteiger partial charge on any atom is 0.243 e. The lowest BCUT2D eigenvalue weighted by atomic mass is 9.80. The van der Waals surface area contributed by atoms with Crippen molar-refractivity contribution in [3.05, 3.63) is 120 Å². The van der Waals surface area contributed by atoms with E-state index < -0.39 is 5.60 Å². The van der Waals surface area contributed by atoms with Crippen molar-refractivity contribution in [2.75, 3.05) is 71.8 Å². The molecule has 0 aromatic heterocycles. The van der Waals surface area contributed by atoms with Gasteiger partial charge in [0.25, 0.3) is 0 Å². The van der Waals surface area contributed by atoms with E-state index in [0.29, 0.717) is 59.4 Å². The Bertz CT molecular complexity index is 1150. The zero-order valence-electron chi connectivity index (χ0n) is 29.1. The Labute approximate surface area is 300 Å². The van der Waals surface area contributed by atoms with Crippen LogP contribution in [0.4, 0.5) is 0 Å². The van der Waals surface area contributed by atoms with Crippen molar-refractivity contribution in [1.29, 1.82) is 0 Å². The minimum absolute atomic E-state index is 0.194.